The lowest BCUT2D eigenvalue weighted by Crippen LogP contribution is -2.48. The molecular weight excluding hydrogens is 180 g/mol. The second-order valence-corrected chi connectivity index (χ2v) is 4.81. The van der Waals surface area contributed by atoms with Crippen LogP contribution in [0.1, 0.15) is 30.7 Å². The largest absolute Gasteiger partial charge is 0.328 e. The number of thiophene rings is 1. The number of rotatable bonds is 3. The van der Waals surface area contributed by atoms with E-state index in [0.717, 1.165) is 12.8 Å². The molecule has 1 aliphatic rings. The van der Waals surface area contributed by atoms with Crippen molar-refractivity contribution in [2.75, 3.05) is 0 Å². The Labute approximate surface area is 83.1 Å². The summed E-state index contributed by atoms with van der Waals surface area (Å²) in [5.74, 6) is 0. The van der Waals surface area contributed by atoms with Crippen molar-refractivity contribution < 1.29 is 0 Å². The van der Waals surface area contributed by atoms with Crippen molar-refractivity contribution in [2.45, 2.75) is 37.9 Å². The summed E-state index contributed by atoms with van der Waals surface area (Å²) in [6, 6.07) is 5.85. The summed E-state index contributed by atoms with van der Waals surface area (Å²) in [5.41, 5.74) is 5.73. The molecule has 13 heavy (non-hydrogen) atoms. The van der Waals surface area contributed by atoms with Gasteiger partial charge in [0.15, 0.2) is 0 Å². The molecule has 1 saturated carbocycles. The van der Waals surface area contributed by atoms with Gasteiger partial charge < -0.3 is 11.1 Å². The van der Waals surface area contributed by atoms with E-state index in [4.69, 9.17) is 5.73 Å². The molecule has 0 radical (unpaired) electrons. The highest BCUT2D eigenvalue weighted by molar-refractivity contribution is 7.10. The van der Waals surface area contributed by atoms with Crippen molar-refractivity contribution in [1.29, 1.82) is 0 Å². The lowest BCUT2D eigenvalue weighted by Gasteiger charge is -2.35. The summed E-state index contributed by atoms with van der Waals surface area (Å²) in [4.78, 5) is 1.42. The normalized spacial score (nSPS) is 29.7. The van der Waals surface area contributed by atoms with Gasteiger partial charge in [-0.1, -0.05) is 6.07 Å². The van der Waals surface area contributed by atoms with Crippen LogP contribution in [0.5, 0.6) is 0 Å². The van der Waals surface area contributed by atoms with E-state index in [9.17, 15) is 0 Å². The monoisotopic (exact) mass is 196 g/mol. The van der Waals surface area contributed by atoms with E-state index in [1.54, 1.807) is 0 Å². The van der Waals surface area contributed by atoms with Gasteiger partial charge >= 0.3 is 0 Å². The van der Waals surface area contributed by atoms with Crippen LogP contribution in [0, 0.1) is 0 Å². The lowest BCUT2D eigenvalue weighted by molar-refractivity contribution is 0.273. The predicted molar refractivity (Wildman–Crippen MR) is 56.9 cm³/mol. The Kier molecular flexibility index (Phi) is 2.67. The quantitative estimate of drug-likeness (QED) is 0.774. The Morgan fingerprint density at radius 2 is 2.38 bits per heavy atom. The molecule has 1 aromatic heterocycles. The van der Waals surface area contributed by atoms with E-state index in [2.05, 4.69) is 29.8 Å². The first kappa shape index (κ1) is 9.19. The van der Waals surface area contributed by atoms with Gasteiger partial charge in [-0.3, -0.25) is 0 Å². The van der Waals surface area contributed by atoms with Crippen LogP contribution >= 0.6 is 11.3 Å². The minimum atomic E-state index is 0.438. The third-order valence-corrected chi connectivity index (χ3v) is 3.69. The lowest BCUT2D eigenvalue weighted by atomic mass is 9.87. The van der Waals surface area contributed by atoms with Crippen LogP contribution < -0.4 is 11.1 Å². The fraction of sp³-hybridized carbons (Fsp3) is 0.600. The van der Waals surface area contributed by atoms with E-state index in [1.165, 1.54) is 4.88 Å². The van der Waals surface area contributed by atoms with Crippen molar-refractivity contribution in [1.82, 2.24) is 5.32 Å². The molecular formula is C10H16N2S. The Bertz CT molecular complexity index is 252. The second kappa shape index (κ2) is 3.78. The molecule has 1 atom stereocenters. The molecule has 72 valence electrons. The number of hydrogen-bond donors (Lipinski definition) is 2. The van der Waals surface area contributed by atoms with Crippen molar-refractivity contribution in [3.8, 4) is 0 Å². The fourth-order valence-electron chi connectivity index (χ4n) is 1.77. The van der Waals surface area contributed by atoms with E-state index >= 15 is 0 Å². The third kappa shape index (κ3) is 2.10. The summed E-state index contributed by atoms with van der Waals surface area (Å²) < 4.78 is 0. The maximum absolute atomic E-state index is 5.73. The zero-order valence-electron chi connectivity index (χ0n) is 7.86. The molecule has 1 fully saturated rings. The molecule has 0 aromatic carbocycles. The van der Waals surface area contributed by atoms with Crippen molar-refractivity contribution in [3.05, 3.63) is 22.4 Å². The molecule has 0 amide bonds. The number of hydrogen-bond acceptors (Lipinski definition) is 3. The van der Waals surface area contributed by atoms with Crippen molar-refractivity contribution in [2.24, 2.45) is 5.73 Å². The predicted octanol–water partition coefficient (Wildman–Crippen LogP) is 1.89. The van der Waals surface area contributed by atoms with Gasteiger partial charge in [-0.15, -0.1) is 11.3 Å². The highest BCUT2D eigenvalue weighted by Gasteiger charge is 2.26. The highest BCUT2D eigenvalue weighted by Crippen LogP contribution is 2.24. The second-order valence-electron chi connectivity index (χ2n) is 3.83. The van der Waals surface area contributed by atoms with E-state index in [1.807, 2.05) is 11.3 Å². The maximum atomic E-state index is 5.73. The molecule has 0 unspecified atom stereocenters. The minimum absolute atomic E-state index is 0.438. The first-order valence-electron chi connectivity index (χ1n) is 4.80. The van der Waals surface area contributed by atoms with Gasteiger partial charge in [0, 0.05) is 23.0 Å². The summed E-state index contributed by atoms with van der Waals surface area (Å²) in [5, 5.41) is 5.70. The zero-order chi connectivity index (χ0) is 9.26. The molecule has 0 bridgehead atoms. The van der Waals surface area contributed by atoms with Gasteiger partial charge in [0.25, 0.3) is 0 Å². The fourth-order valence-corrected chi connectivity index (χ4v) is 2.51. The van der Waals surface area contributed by atoms with Gasteiger partial charge in [0.05, 0.1) is 0 Å². The average molecular weight is 196 g/mol. The van der Waals surface area contributed by atoms with Crippen molar-refractivity contribution in [3.63, 3.8) is 0 Å². The highest BCUT2D eigenvalue weighted by atomic mass is 32.1. The topological polar surface area (TPSA) is 38.0 Å². The SMILES string of the molecule is C[C@@H](NC1CC(N)C1)c1cccs1. The van der Waals surface area contributed by atoms with Crippen LogP contribution in [0.2, 0.25) is 0 Å². The molecule has 0 saturated heterocycles. The first-order valence-corrected chi connectivity index (χ1v) is 5.68. The van der Waals surface area contributed by atoms with Crippen LogP contribution in [0.4, 0.5) is 0 Å². The molecule has 3 N–H and O–H groups in total. The van der Waals surface area contributed by atoms with Gasteiger partial charge in [0.1, 0.15) is 0 Å². The van der Waals surface area contributed by atoms with Gasteiger partial charge in [0.2, 0.25) is 0 Å². The molecule has 1 heterocycles. The molecule has 1 aromatic rings. The summed E-state index contributed by atoms with van der Waals surface area (Å²) in [7, 11) is 0. The summed E-state index contributed by atoms with van der Waals surface area (Å²) in [6.45, 7) is 2.22. The third-order valence-electron chi connectivity index (χ3n) is 2.63. The van der Waals surface area contributed by atoms with Crippen molar-refractivity contribution >= 4 is 11.3 Å². The smallest absolute Gasteiger partial charge is 0.0388 e. The zero-order valence-corrected chi connectivity index (χ0v) is 8.68. The maximum Gasteiger partial charge on any atom is 0.0388 e. The Balaban J connectivity index is 1.82. The molecule has 2 nitrogen and oxygen atoms in total. The van der Waals surface area contributed by atoms with Gasteiger partial charge in [-0.05, 0) is 31.2 Å². The average Bonchev–Trinajstić information content (AvgIpc) is 2.53. The summed E-state index contributed by atoms with van der Waals surface area (Å²) in [6.07, 6.45) is 2.27. The van der Waals surface area contributed by atoms with Gasteiger partial charge in [-0.2, -0.15) is 0 Å². The standard InChI is InChI=1S/C10H16N2S/c1-7(10-3-2-4-13-10)12-9-5-8(11)6-9/h2-4,7-9,12H,5-6,11H2,1H3/t7-,8?,9?/m1/s1. The van der Waals surface area contributed by atoms with Crippen LogP contribution in [0.15, 0.2) is 17.5 Å². The first-order chi connectivity index (χ1) is 6.25. The Morgan fingerprint density at radius 3 is 2.92 bits per heavy atom. The van der Waals surface area contributed by atoms with Crippen LogP contribution in [0.3, 0.4) is 0 Å². The number of nitrogens with two attached hydrogens (primary N) is 1. The molecule has 0 aliphatic heterocycles. The minimum Gasteiger partial charge on any atom is -0.328 e. The van der Waals surface area contributed by atoms with Crippen LogP contribution in [-0.4, -0.2) is 12.1 Å². The van der Waals surface area contributed by atoms with E-state index in [0.29, 0.717) is 18.1 Å². The molecule has 2 rings (SSSR count). The van der Waals surface area contributed by atoms with Gasteiger partial charge in [-0.25, -0.2) is 0 Å². The molecule has 0 spiro atoms. The Hall–Kier alpha value is -0.380. The Morgan fingerprint density at radius 1 is 1.62 bits per heavy atom. The molecule has 3 heteroatoms. The van der Waals surface area contributed by atoms with Crippen LogP contribution in [0.25, 0.3) is 0 Å². The summed E-state index contributed by atoms with van der Waals surface area (Å²) >= 11 is 1.81. The van der Waals surface area contributed by atoms with Crippen LogP contribution in [-0.2, 0) is 0 Å². The van der Waals surface area contributed by atoms with E-state index in [-0.39, 0.29) is 0 Å². The molecule has 1 aliphatic carbocycles. The number of nitrogens with one attached hydrogen (secondary N) is 1. The van der Waals surface area contributed by atoms with E-state index < -0.39 is 0 Å².